The predicted octanol–water partition coefficient (Wildman–Crippen LogP) is 6.13. The minimum atomic E-state index is -4.52. The van der Waals surface area contributed by atoms with Crippen LogP contribution >= 0.6 is 11.8 Å². The molecule has 1 N–H and O–H groups in total. The highest BCUT2D eigenvalue weighted by Gasteiger charge is 2.31. The molecular weight excluding hydrogens is 473 g/mol. The molecule has 0 spiro atoms. The van der Waals surface area contributed by atoms with Gasteiger partial charge in [-0.05, 0) is 49.7 Å². The fraction of sp³-hybridized carbons (Fsp3) is 0.192. The molecule has 1 amide bonds. The Kier molecular flexibility index (Phi) is 7.25. The third-order valence-electron chi connectivity index (χ3n) is 5.30. The minimum absolute atomic E-state index is 0.000953. The number of benzene rings is 3. The quantitative estimate of drug-likeness (QED) is 0.313. The lowest BCUT2D eigenvalue weighted by molar-refractivity contribution is -0.137. The molecule has 4 aromatic rings. The highest BCUT2D eigenvalue weighted by atomic mass is 32.2. The summed E-state index contributed by atoms with van der Waals surface area (Å²) in [5.74, 6) is 0.534. The zero-order valence-electron chi connectivity index (χ0n) is 19.1. The maximum Gasteiger partial charge on any atom is 0.416 e. The van der Waals surface area contributed by atoms with Crippen LogP contribution in [0.3, 0.4) is 0 Å². The number of alkyl halides is 3. The van der Waals surface area contributed by atoms with E-state index in [0.29, 0.717) is 16.7 Å². The lowest BCUT2D eigenvalue weighted by Gasteiger charge is -2.12. The van der Waals surface area contributed by atoms with E-state index in [2.05, 4.69) is 21.6 Å². The standard InChI is InChI=1S/C26H23F3N4OS/c1-17-9-11-22(12-10-17)33-23(31-32-25(33)35-16-19-6-3-5-18(2)13-19)15-30-24(34)20-7-4-8-21(14-20)26(27,28)29/h3-14H,15-16H2,1-2H3,(H,30,34). The molecule has 1 aromatic heterocycles. The molecule has 35 heavy (non-hydrogen) atoms. The predicted molar refractivity (Wildman–Crippen MR) is 129 cm³/mol. The van der Waals surface area contributed by atoms with E-state index < -0.39 is 17.6 Å². The third kappa shape index (κ3) is 6.10. The Balaban J connectivity index is 1.56. The monoisotopic (exact) mass is 496 g/mol. The van der Waals surface area contributed by atoms with Crippen molar-refractivity contribution in [1.29, 1.82) is 0 Å². The second kappa shape index (κ2) is 10.4. The molecular formula is C26H23F3N4OS. The summed E-state index contributed by atoms with van der Waals surface area (Å²) in [6, 6.07) is 20.3. The van der Waals surface area contributed by atoms with Crippen molar-refractivity contribution in [2.75, 3.05) is 0 Å². The number of nitrogens with zero attached hydrogens (tertiary/aromatic N) is 3. The van der Waals surface area contributed by atoms with Crippen molar-refractivity contribution in [3.63, 3.8) is 0 Å². The molecule has 1 heterocycles. The van der Waals surface area contributed by atoms with E-state index in [4.69, 9.17) is 0 Å². The van der Waals surface area contributed by atoms with Crippen molar-refractivity contribution in [2.45, 2.75) is 37.5 Å². The van der Waals surface area contributed by atoms with Crippen molar-refractivity contribution < 1.29 is 18.0 Å². The Bertz CT molecular complexity index is 1330. The smallest absolute Gasteiger partial charge is 0.345 e. The zero-order chi connectivity index (χ0) is 25.0. The highest BCUT2D eigenvalue weighted by molar-refractivity contribution is 7.98. The Morgan fingerprint density at radius 3 is 2.40 bits per heavy atom. The first-order valence-electron chi connectivity index (χ1n) is 10.9. The summed E-state index contributed by atoms with van der Waals surface area (Å²) >= 11 is 1.52. The van der Waals surface area contributed by atoms with Crippen molar-refractivity contribution in [1.82, 2.24) is 20.1 Å². The highest BCUT2D eigenvalue weighted by Crippen LogP contribution is 2.30. The average molecular weight is 497 g/mol. The fourth-order valence-corrected chi connectivity index (χ4v) is 4.42. The van der Waals surface area contributed by atoms with Gasteiger partial charge in [-0.15, -0.1) is 10.2 Å². The maximum atomic E-state index is 13.0. The number of halogens is 3. The number of carbonyl (C=O) groups excluding carboxylic acids is 1. The molecule has 0 radical (unpaired) electrons. The molecule has 0 fully saturated rings. The van der Waals surface area contributed by atoms with Gasteiger partial charge in [0.2, 0.25) is 0 Å². The average Bonchev–Trinajstić information content (AvgIpc) is 3.24. The first kappa shape index (κ1) is 24.5. The van der Waals surface area contributed by atoms with Gasteiger partial charge in [0.1, 0.15) is 0 Å². The summed E-state index contributed by atoms with van der Waals surface area (Å²) in [6.45, 7) is 4.02. The van der Waals surface area contributed by atoms with Gasteiger partial charge in [-0.25, -0.2) is 0 Å². The normalized spacial score (nSPS) is 11.5. The first-order chi connectivity index (χ1) is 16.7. The SMILES string of the molecule is Cc1ccc(-n2c(CNC(=O)c3cccc(C(F)(F)F)c3)nnc2SCc2cccc(C)c2)cc1. The van der Waals surface area contributed by atoms with E-state index >= 15 is 0 Å². The summed E-state index contributed by atoms with van der Waals surface area (Å²) in [7, 11) is 0. The van der Waals surface area contributed by atoms with Crippen LogP contribution in [0.1, 0.15) is 38.4 Å². The van der Waals surface area contributed by atoms with Gasteiger partial charge < -0.3 is 5.32 Å². The van der Waals surface area contributed by atoms with Crippen LogP contribution in [0.2, 0.25) is 0 Å². The zero-order valence-corrected chi connectivity index (χ0v) is 20.0. The number of rotatable bonds is 7. The number of nitrogens with one attached hydrogen (secondary N) is 1. The second-order valence-corrected chi connectivity index (χ2v) is 9.05. The van der Waals surface area contributed by atoms with Crippen molar-refractivity contribution in [3.8, 4) is 5.69 Å². The number of amides is 1. The number of aryl methyl sites for hydroxylation is 2. The van der Waals surface area contributed by atoms with E-state index in [-0.39, 0.29) is 12.1 Å². The number of aromatic nitrogens is 3. The molecule has 0 bridgehead atoms. The summed E-state index contributed by atoms with van der Waals surface area (Å²) in [5.41, 5.74) is 3.29. The van der Waals surface area contributed by atoms with Crippen LogP contribution in [0.5, 0.6) is 0 Å². The molecule has 0 aliphatic heterocycles. The summed E-state index contributed by atoms with van der Waals surface area (Å²) in [6.07, 6.45) is -4.52. The molecule has 3 aromatic carbocycles. The molecule has 0 aliphatic rings. The lowest BCUT2D eigenvalue weighted by atomic mass is 10.1. The molecule has 4 rings (SSSR count). The van der Waals surface area contributed by atoms with E-state index in [1.165, 1.54) is 29.5 Å². The van der Waals surface area contributed by atoms with Gasteiger partial charge in [0.25, 0.3) is 5.91 Å². The van der Waals surface area contributed by atoms with Crippen LogP contribution in [0.4, 0.5) is 13.2 Å². The number of hydrogen-bond donors (Lipinski definition) is 1. The molecule has 0 saturated heterocycles. The van der Waals surface area contributed by atoms with Gasteiger partial charge in [-0.3, -0.25) is 9.36 Å². The summed E-state index contributed by atoms with van der Waals surface area (Å²) in [5, 5.41) is 11.9. The Hall–Kier alpha value is -3.59. The van der Waals surface area contributed by atoms with Crippen LogP contribution in [0.25, 0.3) is 5.69 Å². The molecule has 0 saturated carbocycles. The van der Waals surface area contributed by atoms with E-state index in [1.54, 1.807) is 0 Å². The van der Waals surface area contributed by atoms with Crippen LogP contribution in [0, 0.1) is 13.8 Å². The largest absolute Gasteiger partial charge is 0.416 e. The van der Waals surface area contributed by atoms with Crippen LogP contribution in [0.15, 0.2) is 78.0 Å². The van der Waals surface area contributed by atoms with Gasteiger partial charge in [0.15, 0.2) is 11.0 Å². The lowest BCUT2D eigenvalue weighted by Crippen LogP contribution is -2.25. The van der Waals surface area contributed by atoms with Gasteiger partial charge in [0, 0.05) is 17.0 Å². The van der Waals surface area contributed by atoms with Gasteiger partial charge in [-0.2, -0.15) is 13.2 Å². The summed E-state index contributed by atoms with van der Waals surface area (Å²) < 4.78 is 40.9. The van der Waals surface area contributed by atoms with E-state index in [1.807, 2.05) is 60.9 Å². The van der Waals surface area contributed by atoms with Crippen LogP contribution in [-0.2, 0) is 18.5 Å². The fourth-order valence-electron chi connectivity index (χ4n) is 3.51. The Labute approximate surface area is 205 Å². The van der Waals surface area contributed by atoms with Crippen LogP contribution < -0.4 is 5.32 Å². The third-order valence-corrected chi connectivity index (χ3v) is 6.30. The second-order valence-electron chi connectivity index (χ2n) is 8.11. The Morgan fingerprint density at radius 1 is 0.943 bits per heavy atom. The van der Waals surface area contributed by atoms with Crippen molar-refractivity contribution in [2.24, 2.45) is 0 Å². The number of hydrogen-bond acceptors (Lipinski definition) is 4. The molecule has 5 nitrogen and oxygen atoms in total. The van der Waals surface area contributed by atoms with Crippen molar-refractivity contribution >= 4 is 17.7 Å². The molecule has 0 aliphatic carbocycles. The topological polar surface area (TPSA) is 59.8 Å². The van der Waals surface area contributed by atoms with Crippen LogP contribution in [-0.4, -0.2) is 20.7 Å². The summed E-state index contributed by atoms with van der Waals surface area (Å²) in [4.78, 5) is 12.6. The molecule has 9 heteroatoms. The molecule has 0 unspecified atom stereocenters. The van der Waals surface area contributed by atoms with E-state index in [0.717, 1.165) is 28.9 Å². The van der Waals surface area contributed by atoms with Gasteiger partial charge >= 0.3 is 6.18 Å². The maximum absolute atomic E-state index is 13.0. The molecule has 0 atom stereocenters. The van der Waals surface area contributed by atoms with Gasteiger partial charge in [0.05, 0.1) is 12.1 Å². The van der Waals surface area contributed by atoms with E-state index in [9.17, 15) is 18.0 Å². The Morgan fingerprint density at radius 2 is 1.69 bits per heavy atom. The van der Waals surface area contributed by atoms with Crippen molar-refractivity contribution in [3.05, 3.63) is 106 Å². The first-order valence-corrected chi connectivity index (χ1v) is 11.8. The number of carbonyl (C=O) groups is 1. The minimum Gasteiger partial charge on any atom is -0.345 e. The van der Waals surface area contributed by atoms with Gasteiger partial charge in [-0.1, -0.05) is 65.4 Å². The number of thioether (sulfide) groups is 1. The molecule has 180 valence electrons.